The van der Waals surface area contributed by atoms with Gasteiger partial charge in [0.05, 0.1) is 12.0 Å². The monoisotopic (exact) mass is 288 g/mol. The van der Waals surface area contributed by atoms with E-state index in [4.69, 9.17) is 4.74 Å². The van der Waals surface area contributed by atoms with Crippen LogP contribution in [0.2, 0.25) is 0 Å². The number of carbonyl (C=O) groups excluding carboxylic acids is 1. The van der Waals surface area contributed by atoms with Crippen LogP contribution in [0.25, 0.3) is 0 Å². The minimum Gasteiger partial charge on any atom is -0.381 e. The number of aromatic nitrogens is 3. The summed E-state index contributed by atoms with van der Waals surface area (Å²) in [6, 6.07) is 5.81. The third-order valence-corrected chi connectivity index (χ3v) is 4.04. The second kappa shape index (κ2) is 5.73. The molecule has 0 unspecified atom stereocenters. The van der Waals surface area contributed by atoms with E-state index >= 15 is 0 Å². The molecule has 0 aliphatic carbocycles. The van der Waals surface area contributed by atoms with E-state index in [0.29, 0.717) is 25.5 Å². The SMILES string of the molecule is Cc1cc(NC(=O)CC2(n3cccc3)CCOCC2)n[nH]1. The van der Waals surface area contributed by atoms with Crippen LogP contribution in [0.5, 0.6) is 0 Å². The number of hydrogen-bond acceptors (Lipinski definition) is 3. The number of anilines is 1. The Balaban J connectivity index is 1.74. The number of hydrogen-bond donors (Lipinski definition) is 2. The lowest BCUT2D eigenvalue weighted by atomic mass is 9.86. The van der Waals surface area contributed by atoms with Gasteiger partial charge in [-0.1, -0.05) is 0 Å². The zero-order valence-corrected chi connectivity index (χ0v) is 12.1. The number of H-pyrrole nitrogens is 1. The van der Waals surface area contributed by atoms with Crippen molar-refractivity contribution in [3.05, 3.63) is 36.3 Å². The maximum Gasteiger partial charge on any atom is 0.227 e. The number of aryl methyl sites for hydroxylation is 1. The smallest absolute Gasteiger partial charge is 0.227 e. The Morgan fingerprint density at radius 2 is 2.14 bits per heavy atom. The second-order valence-electron chi connectivity index (χ2n) is 5.59. The lowest BCUT2D eigenvalue weighted by Gasteiger charge is -2.38. The fourth-order valence-corrected chi connectivity index (χ4v) is 2.90. The summed E-state index contributed by atoms with van der Waals surface area (Å²) < 4.78 is 7.61. The van der Waals surface area contributed by atoms with Gasteiger partial charge in [0, 0.05) is 37.4 Å². The van der Waals surface area contributed by atoms with E-state index in [9.17, 15) is 4.79 Å². The fraction of sp³-hybridized carbons (Fsp3) is 0.467. The number of rotatable bonds is 4. The number of nitrogens with zero attached hydrogens (tertiary/aromatic N) is 2. The quantitative estimate of drug-likeness (QED) is 0.904. The van der Waals surface area contributed by atoms with Crippen molar-refractivity contribution in [2.75, 3.05) is 18.5 Å². The molecular formula is C15H20N4O2. The van der Waals surface area contributed by atoms with E-state index in [2.05, 4.69) is 20.1 Å². The molecule has 0 bridgehead atoms. The highest BCUT2D eigenvalue weighted by atomic mass is 16.5. The van der Waals surface area contributed by atoms with Crippen molar-refractivity contribution in [2.45, 2.75) is 31.7 Å². The van der Waals surface area contributed by atoms with Crippen molar-refractivity contribution in [2.24, 2.45) is 0 Å². The molecular weight excluding hydrogens is 268 g/mol. The van der Waals surface area contributed by atoms with Gasteiger partial charge in [0.1, 0.15) is 0 Å². The molecule has 1 amide bonds. The molecule has 2 N–H and O–H groups in total. The molecule has 2 aromatic heterocycles. The van der Waals surface area contributed by atoms with Crippen LogP contribution in [0, 0.1) is 6.92 Å². The van der Waals surface area contributed by atoms with Crippen molar-refractivity contribution >= 4 is 11.7 Å². The summed E-state index contributed by atoms with van der Waals surface area (Å²) in [5, 5.41) is 9.73. The van der Waals surface area contributed by atoms with Crippen molar-refractivity contribution < 1.29 is 9.53 Å². The normalized spacial score (nSPS) is 17.6. The first kappa shape index (κ1) is 13.9. The first-order valence-corrected chi connectivity index (χ1v) is 7.21. The Bertz CT molecular complexity index is 597. The summed E-state index contributed by atoms with van der Waals surface area (Å²) in [6.07, 6.45) is 6.16. The topological polar surface area (TPSA) is 71.9 Å². The van der Waals surface area contributed by atoms with Gasteiger partial charge >= 0.3 is 0 Å². The van der Waals surface area contributed by atoms with Gasteiger partial charge in [-0.2, -0.15) is 5.10 Å². The third kappa shape index (κ3) is 3.00. The largest absolute Gasteiger partial charge is 0.381 e. The summed E-state index contributed by atoms with van der Waals surface area (Å²) in [7, 11) is 0. The minimum atomic E-state index is -0.197. The number of aromatic amines is 1. The molecule has 0 saturated carbocycles. The molecule has 0 atom stereocenters. The first-order valence-electron chi connectivity index (χ1n) is 7.21. The lowest BCUT2D eigenvalue weighted by Crippen LogP contribution is -2.42. The second-order valence-corrected chi connectivity index (χ2v) is 5.59. The molecule has 0 aromatic carbocycles. The average molecular weight is 288 g/mol. The van der Waals surface area contributed by atoms with Gasteiger partial charge in [-0.05, 0) is 31.9 Å². The third-order valence-electron chi connectivity index (χ3n) is 4.04. The predicted molar refractivity (Wildman–Crippen MR) is 79.0 cm³/mol. The Kier molecular flexibility index (Phi) is 3.79. The van der Waals surface area contributed by atoms with Gasteiger partial charge in [0.15, 0.2) is 5.82 Å². The molecule has 6 heteroatoms. The average Bonchev–Trinajstić information content (AvgIpc) is 3.12. The molecule has 3 heterocycles. The van der Waals surface area contributed by atoms with E-state index in [1.54, 1.807) is 0 Å². The number of carbonyl (C=O) groups is 1. The van der Waals surface area contributed by atoms with Gasteiger partial charge in [-0.15, -0.1) is 0 Å². The van der Waals surface area contributed by atoms with Crippen LogP contribution in [-0.2, 0) is 15.1 Å². The maximum atomic E-state index is 12.4. The highest BCUT2D eigenvalue weighted by Gasteiger charge is 2.36. The molecule has 0 spiro atoms. The van der Waals surface area contributed by atoms with Crippen molar-refractivity contribution in [3.8, 4) is 0 Å². The molecule has 21 heavy (non-hydrogen) atoms. The molecule has 0 radical (unpaired) electrons. The summed E-state index contributed by atoms with van der Waals surface area (Å²) in [6.45, 7) is 3.28. The predicted octanol–water partition coefficient (Wildman–Crippen LogP) is 2.05. The summed E-state index contributed by atoms with van der Waals surface area (Å²) in [5.41, 5.74) is 0.730. The van der Waals surface area contributed by atoms with Crippen LogP contribution in [0.4, 0.5) is 5.82 Å². The van der Waals surface area contributed by atoms with E-state index < -0.39 is 0 Å². The Morgan fingerprint density at radius 1 is 1.43 bits per heavy atom. The van der Waals surface area contributed by atoms with Crippen LogP contribution in [-0.4, -0.2) is 33.9 Å². The highest BCUT2D eigenvalue weighted by Crippen LogP contribution is 2.33. The van der Waals surface area contributed by atoms with Crippen LogP contribution >= 0.6 is 0 Å². The number of ether oxygens (including phenoxy) is 1. The lowest BCUT2D eigenvalue weighted by molar-refractivity contribution is -0.119. The van der Waals surface area contributed by atoms with E-state index in [0.717, 1.165) is 18.5 Å². The standard InChI is InChI=1S/C15H20N4O2/c1-12-10-13(18-17-12)16-14(20)11-15(4-8-21-9-5-15)19-6-2-3-7-19/h2-3,6-7,10H,4-5,8-9,11H2,1H3,(H2,16,17,18,20). The zero-order valence-electron chi connectivity index (χ0n) is 12.1. The zero-order chi connectivity index (χ0) is 14.7. The Hall–Kier alpha value is -2.08. The Labute approximate surface area is 123 Å². The van der Waals surface area contributed by atoms with Crippen molar-refractivity contribution in [1.29, 1.82) is 0 Å². The summed E-state index contributed by atoms with van der Waals surface area (Å²) in [4.78, 5) is 12.4. The number of amides is 1. The van der Waals surface area contributed by atoms with Gasteiger partial charge in [-0.3, -0.25) is 9.89 Å². The fourth-order valence-electron chi connectivity index (χ4n) is 2.90. The highest BCUT2D eigenvalue weighted by molar-refractivity contribution is 5.90. The molecule has 1 aliphatic heterocycles. The van der Waals surface area contributed by atoms with Crippen LogP contribution < -0.4 is 5.32 Å². The molecule has 112 valence electrons. The van der Waals surface area contributed by atoms with Gasteiger partial charge in [-0.25, -0.2) is 0 Å². The van der Waals surface area contributed by atoms with Crippen LogP contribution in [0.1, 0.15) is 25.0 Å². The minimum absolute atomic E-state index is 0.0166. The molecule has 1 saturated heterocycles. The molecule has 2 aromatic rings. The van der Waals surface area contributed by atoms with Crippen molar-refractivity contribution in [1.82, 2.24) is 14.8 Å². The van der Waals surface area contributed by atoms with Crippen LogP contribution in [0.3, 0.4) is 0 Å². The van der Waals surface area contributed by atoms with Crippen molar-refractivity contribution in [3.63, 3.8) is 0 Å². The van der Waals surface area contributed by atoms with Gasteiger partial charge in [0.2, 0.25) is 5.91 Å². The molecule has 1 aliphatic rings. The van der Waals surface area contributed by atoms with E-state index in [-0.39, 0.29) is 11.4 Å². The van der Waals surface area contributed by atoms with E-state index in [1.165, 1.54) is 0 Å². The molecule has 1 fully saturated rings. The number of nitrogens with one attached hydrogen (secondary N) is 2. The molecule has 3 rings (SSSR count). The van der Waals surface area contributed by atoms with Gasteiger partial charge < -0.3 is 14.6 Å². The van der Waals surface area contributed by atoms with Crippen LogP contribution in [0.15, 0.2) is 30.6 Å². The Morgan fingerprint density at radius 3 is 2.76 bits per heavy atom. The van der Waals surface area contributed by atoms with Gasteiger partial charge in [0.25, 0.3) is 0 Å². The summed E-state index contributed by atoms with van der Waals surface area (Å²) in [5.74, 6) is 0.560. The summed E-state index contributed by atoms with van der Waals surface area (Å²) >= 11 is 0. The molecule has 6 nitrogen and oxygen atoms in total. The van der Waals surface area contributed by atoms with E-state index in [1.807, 2.05) is 37.5 Å². The first-order chi connectivity index (χ1) is 10.2. The maximum absolute atomic E-state index is 12.4.